The number of oxime groups is 1. The second-order valence-electron chi connectivity index (χ2n) is 12.8. The zero-order valence-corrected chi connectivity index (χ0v) is 20.4. The maximum atomic E-state index is 9.41. The topological polar surface area (TPSA) is 58.6 Å². The normalized spacial score (nSPS) is 48.3. The molecule has 4 fully saturated rings. The molecule has 0 aromatic heterocycles. The molecule has 4 aliphatic rings. The molecule has 0 aromatic rings. The van der Waals surface area contributed by atoms with Crippen LogP contribution in [0.4, 0.5) is 0 Å². The van der Waals surface area contributed by atoms with Crippen LogP contribution in [0.15, 0.2) is 5.16 Å². The highest BCUT2D eigenvalue weighted by Crippen LogP contribution is 2.68. The van der Waals surface area contributed by atoms with E-state index in [1.807, 2.05) is 0 Å². The lowest BCUT2D eigenvalue weighted by atomic mass is 9.44. The van der Waals surface area contributed by atoms with Crippen molar-refractivity contribution in [2.75, 3.05) is 0 Å². The molecule has 0 aliphatic heterocycles. The van der Waals surface area contributed by atoms with Crippen LogP contribution >= 0.6 is 0 Å². The minimum atomic E-state index is -0.0411. The molecular weight excluding hydrogens is 368 g/mol. The zero-order valence-electron chi connectivity index (χ0n) is 20.4. The minimum absolute atomic E-state index is 0.0411. The van der Waals surface area contributed by atoms with E-state index in [1.165, 1.54) is 57.8 Å². The van der Waals surface area contributed by atoms with Crippen LogP contribution in [-0.4, -0.2) is 17.0 Å². The van der Waals surface area contributed by atoms with Crippen molar-refractivity contribution < 1.29 is 5.21 Å². The molecule has 9 atom stereocenters. The van der Waals surface area contributed by atoms with Crippen LogP contribution in [0.1, 0.15) is 105 Å². The molecule has 0 aromatic carbocycles. The molecule has 0 unspecified atom stereocenters. The predicted molar refractivity (Wildman–Crippen MR) is 126 cm³/mol. The summed E-state index contributed by atoms with van der Waals surface area (Å²) in [5, 5.41) is 13.0. The van der Waals surface area contributed by atoms with Gasteiger partial charge in [0.2, 0.25) is 0 Å². The Morgan fingerprint density at radius 2 is 1.73 bits per heavy atom. The summed E-state index contributed by atoms with van der Waals surface area (Å²) in [5.74, 6) is 5.98. The summed E-state index contributed by atoms with van der Waals surface area (Å²) in [4.78, 5) is 0. The summed E-state index contributed by atoms with van der Waals surface area (Å²) >= 11 is 0. The van der Waals surface area contributed by atoms with E-state index >= 15 is 0 Å². The third-order valence-electron chi connectivity index (χ3n) is 10.9. The van der Waals surface area contributed by atoms with Crippen molar-refractivity contribution in [3.05, 3.63) is 0 Å². The zero-order chi connectivity index (χ0) is 21.7. The van der Waals surface area contributed by atoms with E-state index in [-0.39, 0.29) is 6.04 Å². The fourth-order valence-electron chi connectivity index (χ4n) is 9.32. The summed E-state index contributed by atoms with van der Waals surface area (Å²) in [5.41, 5.74) is 8.24. The monoisotopic (exact) mass is 416 g/mol. The second-order valence-corrected chi connectivity index (χ2v) is 12.8. The van der Waals surface area contributed by atoms with Gasteiger partial charge in [-0.15, -0.1) is 0 Å². The van der Waals surface area contributed by atoms with Gasteiger partial charge in [-0.3, -0.25) is 0 Å². The van der Waals surface area contributed by atoms with Gasteiger partial charge in [0.05, 0.1) is 5.71 Å². The molecule has 4 saturated carbocycles. The lowest BCUT2D eigenvalue weighted by Gasteiger charge is -2.61. The molecule has 3 N–H and O–H groups in total. The number of fused-ring (bicyclic) bond motifs is 5. The summed E-state index contributed by atoms with van der Waals surface area (Å²) in [7, 11) is 0. The fourth-order valence-corrected chi connectivity index (χ4v) is 9.32. The molecule has 172 valence electrons. The van der Waals surface area contributed by atoms with Gasteiger partial charge in [-0.05, 0) is 104 Å². The van der Waals surface area contributed by atoms with Gasteiger partial charge in [0.25, 0.3) is 0 Å². The van der Waals surface area contributed by atoms with Crippen molar-refractivity contribution in [3.8, 4) is 0 Å². The highest BCUT2D eigenvalue weighted by molar-refractivity contribution is 5.90. The van der Waals surface area contributed by atoms with Crippen molar-refractivity contribution in [2.45, 2.75) is 111 Å². The lowest BCUT2D eigenvalue weighted by Crippen LogP contribution is -2.57. The van der Waals surface area contributed by atoms with Gasteiger partial charge >= 0.3 is 0 Å². The molecule has 0 amide bonds. The van der Waals surface area contributed by atoms with Gasteiger partial charge in [0, 0.05) is 6.04 Å². The Hall–Kier alpha value is -0.570. The van der Waals surface area contributed by atoms with Crippen molar-refractivity contribution >= 4 is 5.71 Å². The Morgan fingerprint density at radius 1 is 1.00 bits per heavy atom. The van der Waals surface area contributed by atoms with Crippen LogP contribution in [0.25, 0.3) is 0 Å². The van der Waals surface area contributed by atoms with Crippen LogP contribution in [0.2, 0.25) is 0 Å². The summed E-state index contributed by atoms with van der Waals surface area (Å²) in [6.07, 6.45) is 14.6. The summed E-state index contributed by atoms with van der Waals surface area (Å²) in [6.45, 7) is 12.5. The number of nitrogens with two attached hydrogens (primary N) is 1. The van der Waals surface area contributed by atoms with Crippen molar-refractivity contribution in [3.63, 3.8) is 0 Å². The van der Waals surface area contributed by atoms with E-state index in [1.54, 1.807) is 0 Å². The fraction of sp³-hybridized carbons (Fsp3) is 0.963. The Labute approximate surface area is 185 Å². The first-order valence-corrected chi connectivity index (χ1v) is 13.2. The SMILES string of the molecule is CC(C)CCC[C@@H](C)[C@H]1CC[C@H]2[C@@H]3CC[C@H]4C/C(=N\O)[C@H](N)C[C@]4(C)[C@H]3CC[C@]12C. The van der Waals surface area contributed by atoms with Gasteiger partial charge in [-0.25, -0.2) is 0 Å². The third-order valence-corrected chi connectivity index (χ3v) is 10.9. The first-order valence-electron chi connectivity index (χ1n) is 13.2. The van der Waals surface area contributed by atoms with E-state index < -0.39 is 0 Å². The summed E-state index contributed by atoms with van der Waals surface area (Å²) in [6, 6.07) is -0.0411. The van der Waals surface area contributed by atoms with Gasteiger partial charge < -0.3 is 10.9 Å². The Kier molecular flexibility index (Phi) is 6.34. The number of nitrogens with zero attached hydrogens (tertiary/aromatic N) is 1. The van der Waals surface area contributed by atoms with Crippen LogP contribution in [0.3, 0.4) is 0 Å². The third kappa shape index (κ3) is 3.65. The van der Waals surface area contributed by atoms with Gasteiger partial charge in [0.15, 0.2) is 0 Å². The van der Waals surface area contributed by atoms with E-state index in [2.05, 4.69) is 39.8 Å². The predicted octanol–water partition coefficient (Wildman–Crippen LogP) is 6.88. The first kappa shape index (κ1) is 22.6. The second kappa shape index (κ2) is 8.41. The van der Waals surface area contributed by atoms with Crippen molar-refractivity contribution in [1.82, 2.24) is 0 Å². The van der Waals surface area contributed by atoms with Gasteiger partial charge in [-0.2, -0.15) is 0 Å². The summed E-state index contributed by atoms with van der Waals surface area (Å²) < 4.78 is 0. The molecule has 3 nitrogen and oxygen atoms in total. The number of rotatable bonds is 5. The standard InChI is InChI=1S/C27H48N2O/c1-17(2)7-6-8-18(3)21-11-12-22-20-10-9-19-15-25(29-30)24(28)16-27(19,5)23(20)13-14-26(21,22)4/h17-24,30H,6-16,28H2,1-5H3/b29-25+/t18-,19+,20+,21-,22+,23+,24-,26-,27+/m1/s1. The van der Waals surface area contributed by atoms with E-state index in [4.69, 9.17) is 5.73 Å². The van der Waals surface area contributed by atoms with Crippen molar-refractivity contribution in [2.24, 2.45) is 63.1 Å². The van der Waals surface area contributed by atoms with Crippen molar-refractivity contribution in [1.29, 1.82) is 0 Å². The molecule has 0 bridgehead atoms. The largest absolute Gasteiger partial charge is 0.411 e. The highest BCUT2D eigenvalue weighted by Gasteiger charge is 2.61. The van der Waals surface area contributed by atoms with E-state index in [0.717, 1.165) is 54.1 Å². The highest BCUT2D eigenvalue weighted by atomic mass is 16.4. The van der Waals surface area contributed by atoms with Crippen LogP contribution in [0.5, 0.6) is 0 Å². The Morgan fingerprint density at radius 3 is 2.43 bits per heavy atom. The van der Waals surface area contributed by atoms with E-state index in [9.17, 15) is 5.21 Å². The smallest absolute Gasteiger partial charge is 0.0740 e. The van der Waals surface area contributed by atoms with Crippen LogP contribution in [0, 0.1) is 52.3 Å². The maximum Gasteiger partial charge on any atom is 0.0740 e. The Balaban J connectivity index is 1.48. The molecule has 3 heteroatoms. The van der Waals surface area contributed by atoms with Crippen LogP contribution < -0.4 is 5.73 Å². The lowest BCUT2D eigenvalue weighted by molar-refractivity contribution is -0.106. The molecule has 30 heavy (non-hydrogen) atoms. The number of hydrogen-bond donors (Lipinski definition) is 2. The van der Waals surface area contributed by atoms with Gasteiger partial charge in [-0.1, -0.05) is 59.0 Å². The van der Waals surface area contributed by atoms with Gasteiger partial charge in [0.1, 0.15) is 0 Å². The molecule has 0 heterocycles. The molecule has 0 spiro atoms. The first-order chi connectivity index (χ1) is 14.2. The number of hydrogen-bond acceptors (Lipinski definition) is 3. The Bertz CT molecular complexity index is 645. The molecule has 0 saturated heterocycles. The molecule has 0 radical (unpaired) electrons. The molecule has 4 rings (SSSR count). The minimum Gasteiger partial charge on any atom is -0.411 e. The van der Waals surface area contributed by atoms with E-state index in [0.29, 0.717) is 16.7 Å². The maximum absolute atomic E-state index is 9.41. The van der Waals surface area contributed by atoms with Crippen LogP contribution in [-0.2, 0) is 0 Å². The average Bonchev–Trinajstić information content (AvgIpc) is 3.04. The molecule has 4 aliphatic carbocycles. The average molecular weight is 417 g/mol. The quantitative estimate of drug-likeness (QED) is 0.379. The molecular formula is C27H48N2O.